The number of aliphatic hydroxyl groups excluding tert-OH is 1. The van der Waals surface area contributed by atoms with Crippen LogP contribution in [-0.4, -0.2) is 59.6 Å². The van der Waals surface area contributed by atoms with E-state index in [1.54, 1.807) is 27.9 Å². The molecule has 150 valence electrons. The molecule has 0 bridgehead atoms. The van der Waals surface area contributed by atoms with Crippen molar-refractivity contribution in [3.8, 4) is 5.75 Å². The maximum Gasteiger partial charge on any atom is 0.410 e. The van der Waals surface area contributed by atoms with Crippen LogP contribution in [0.1, 0.15) is 33.3 Å². The fourth-order valence-corrected chi connectivity index (χ4v) is 3.86. The number of benzene rings is 1. The van der Waals surface area contributed by atoms with Crippen LogP contribution < -0.4 is 4.74 Å². The monoisotopic (exact) mass is 491 g/mol. The van der Waals surface area contributed by atoms with Gasteiger partial charge in [0.05, 0.1) is 23.3 Å². The number of likely N-dealkylation sites (tertiary alicyclic amines) is 1. The molecule has 0 radical (unpaired) electrons. The van der Waals surface area contributed by atoms with Crippen LogP contribution in [0.2, 0.25) is 0 Å². The van der Waals surface area contributed by atoms with Crippen LogP contribution in [0.3, 0.4) is 0 Å². The summed E-state index contributed by atoms with van der Waals surface area (Å²) in [7, 11) is 1.60. The molecule has 1 saturated heterocycles. The Balaban J connectivity index is 2.29. The summed E-state index contributed by atoms with van der Waals surface area (Å²) in [6.07, 6.45) is -1.91. The largest absolute Gasteiger partial charge is 0.496 e. The number of carbonyl (C=O) groups is 2. The minimum absolute atomic E-state index is 0.0464. The molecule has 1 N–H and O–H groups in total. The molecule has 1 heterocycles. The third kappa shape index (κ3) is 5.71. The molecular formula is C19H26INO6. The topological polar surface area (TPSA) is 85.3 Å². The summed E-state index contributed by atoms with van der Waals surface area (Å²) in [6, 6.07) is 5.16. The zero-order valence-corrected chi connectivity index (χ0v) is 18.3. The molecule has 1 aliphatic rings. The Morgan fingerprint density at radius 1 is 1.33 bits per heavy atom. The van der Waals surface area contributed by atoms with Crippen LogP contribution in [0.4, 0.5) is 4.79 Å². The first-order valence-corrected chi connectivity index (χ1v) is 9.77. The second-order valence-corrected chi connectivity index (χ2v) is 8.68. The molecule has 27 heavy (non-hydrogen) atoms. The van der Waals surface area contributed by atoms with Crippen LogP contribution in [0, 0.1) is 3.57 Å². The zero-order chi connectivity index (χ0) is 20.4. The van der Waals surface area contributed by atoms with E-state index in [-0.39, 0.29) is 6.54 Å². The van der Waals surface area contributed by atoms with E-state index in [1.807, 2.05) is 18.2 Å². The first kappa shape index (κ1) is 21.7. The molecule has 1 aliphatic heterocycles. The Hall–Kier alpha value is -1.55. The number of esters is 1. The normalized spacial score (nSPS) is 22.5. The number of ether oxygens (including phenoxy) is 3. The number of nitrogens with zero attached hydrogens (tertiary/aromatic N) is 1. The highest BCUT2D eigenvalue weighted by atomic mass is 127. The highest BCUT2D eigenvalue weighted by molar-refractivity contribution is 14.1. The Kier molecular flexibility index (Phi) is 6.96. The van der Waals surface area contributed by atoms with E-state index in [0.717, 1.165) is 14.9 Å². The van der Waals surface area contributed by atoms with E-state index >= 15 is 0 Å². The molecule has 1 aromatic rings. The first-order valence-electron chi connectivity index (χ1n) is 8.69. The SMILES string of the molecule is COc1ccc(C[C@@H]2[C@H](OC(C)=O)[C@@H](O)CN2C(=O)OC(C)(C)C)cc1I. The molecular weight excluding hydrogens is 465 g/mol. The summed E-state index contributed by atoms with van der Waals surface area (Å²) in [6.45, 7) is 6.67. The van der Waals surface area contributed by atoms with Gasteiger partial charge < -0.3 is 19.3 Å². The maximum absolute atomic E-state index is 12.6. The number of halogens is 1. The minimum Gasteiger partial charge on any atom is -0.496 e. The Morgan fingerprint density at radius 2 is 2.00 bits per heavy atom. The van der Waals surface area contributed by atoms with E-state index in [4.69, 9.17) is 14.2 Å². The van der Waals surface area contributed by atoms with Gasteiger partial charge >= 0.3 is 12.1 Å². The molecule has 1 amide bonds. The second kappa shape index (κ2) is 8.64. The Morgan fingerprint density at radius 3 is 2.52 bits per heavy atom. The summed E-state index contributed by atoms with van der Waals surface area (Å²) in [4.78, 5) is 25.6. The van der Waals surface area contributed by atoms with Gasteiger partial charge in [0.25, 0.3) is 0 Å². The number of methoxy groups -OCH3 is 1. The zero-order valence-electron chi connectivity index (χ0n) is 16.2. The number of amides is 1. The van der Waals surface area contributed by atoms with Gasteiger partial charge in [-0.05, 0) is 67.5 Å². The standard InChI is InChI=1S/C19H26INO6/c1-11(22)26-17-14(9-12-6-7-16(25-5)13(20)8-12)21(10-15(17)23)18(24)27-19(2,3)4/h6-8,14-15,17,23H,9-10H2,1-5H3/t14-,15+,17+/m1/s1. The molecule has 7 nitrogen and oxygen atoms in total. The van der Waals surface area contributed by atoms with Gasteiger partial charge in [0.2, 0.25) is 0 Å². The van der Waals surface area contributed by atoms with Gasteiger partial charge in [-0.15, -0.1) is 0 Å². The Bertz CT molecular complexity index is 702. The highest BCUT2D eigenvalue weighted by Crippen LogP contribution is 2.29. The van der Waals surface area contributed by atoms with E-state index in [0.29, 0.717) is 6.42 Å². The van der Waals surface area contributed by atoms with Gasteiger partial charge in [-0.25, -0.2) is 4.79 Å². The molecule has 0 unspecified atom stereocenters. The van der Waals surface area contributed by atoms with Crippen LogP contribution in [0.5, 0.6) is 5.75 Å². The molecule has 8 heteroatoms. The predicted octanol–water partition coefficient (Wildman–Crippen LogP) is 2.75. The number of hydrogen-bond donors (Lipinski definition) is 1. The smallest absolute Gasteiger partial charge is 0.410 e. The number of rotatable bonds is 4. The third-order valence-corrected chi connectivity index (χ3v) is 4.98. The van der Waals surface area contributed by atoms with Crippen molar-refractivity contribution in [3.05, 3.63) is 27.3 Å². The van der Waals surface area contributed by atoms with Crippen molar-refractivity contribution in [1.29, 1.82) is 0 Å². The molecule has 0 aromatic heterocycles. The van der Waals surface area contributed by atoms with Crippen molar-refractivity contribution in [2.45, 2.75) is 58.0 Å². The Labute approximate surface area is 173 Å². The predicted molar refractivity (Wildman–Crippen MR) is 108 cm³/mol. The van der Waals surface area contributed by atoms with Crippen LogP contribution in [0.25, 0.3) is 0 Å². The quantitative estimate of drug-likeness (QED) is 0.515. The lowest BCUT2D eigenvalue weighted by Gasteiger charge is -2.30. The fraction of sp³-hybridized carbons (Fsp3) is 0.579. The van der Waals surface area contributed by atoms with Gasteiger partial charge in [0, 0.05) is 6.92 Å². The lowest BCUT2D eigenvalue weighted by Crippen LogP contribution is -2.45. The van der Waals surface area contributed by atoms with Crippen LogP contribution >= 0.6 is 22.6 Å². The fourth-order valence-electron chi connectivity index (χ4n) is 3.06. The van der Waals surface area contributed by atoms with Crippen molar-refractivity contribution in [2.24, 2.45) is 0 Å². The van der Waals surface area contributed by atoms with Gasteiger partial charge in [-0.3, -0.25) is 9.69 Å². The van der Waals surface area contributed by atoms with E-state index in [1.165, 1.54) is 11.8 Å². The highest BCUT2D eigenvalue weighted by Gasteiger charge is 2.46. The van der Waals surface area contributed by atoms with E-state index in [9.17, 15) is 14.7 Å². The van der Waals surface area contributed by atoms with Crippen molar-refractivity contribution < 1.29 is 28.9 Å². The molecule has 0 aliphatic carbocycles. The van der Waals surface area contributed by atoms with Gasteiger partial charge in [0.1, 0.15) is 23.6 Å². The van der Waals surface area contributed by atoms with Crippen molar-refractivity contribution >= 4 is 34.7 Å². The number of carbonyl (C=O) groups excluding carboxylic acids is 2. The third-order valence-electron chi connectivity index (χ3n) is 4.13. The van der Waals surface area contributed by atoms with Crippen molar-refractivity contribution in [2.75, 3.05) is 13.7 Å². The molecule has 2 rings (SSSR count). The molecule has 1 fully saturated rings. The molecule has 1 aromatic carbocycles. The number of aliphatic hydroxyl groups is 1. The van der Waals surface area contributed by atoms with Gasteiger partial charge in [-0.2, -0.15) is 0 Å². The van der Waals surface area contributed by atoms with Gasteiger partial charge in [-0.1, -0.05) is 6.07 Å². The molecule has 0 saturated carbocycles. The average molecular weight is 491 g/mol. The van der Waals surface area contributed by atoms with Crippen LogP contribution in [-0.2, 0) is 20.7 Å². The lowest BCUT2D eigenvalue weighted by atomic mass is 10.0. The minimum atomic E-state index is -0.969. The van der Waals surface area contributed by atoms with Gasteiger partial charge in [0.15, 0.2) is 0 Å². The summed E-state index contributed by atoms with van der Waals surface area (Å²) >= 11 is 2.17. The van der Waals surface area contributed by atoms with Crippen molar-refractivity contribution in [3.63, 3.8) is 0 Å². The molecule has 0 spiro atoms. The summed E-state index contributed by atoms with van der Waals surface area (Å²) in [5, 5.41) is 10.4. The summed E-state index contributed by atoms with van der Waals surface area (Å²) in [5.74, 6) is 0.255. The lowest BCUT2D eigenvalue weighted by molar-refractivity contribution is -0.151. The van der Waals surface area contributed by atoms with Crippen molar-refractivity contribution in [1.82, 2.24) is 4.90 Å². The summed E-state index contributed by atoms with van der Waals surface area (Å²) < 4.78 is 17.0. The average Bonchev–Trinajstić information content (AvgIpc) is 2.82. The second-order valence-electron chi connectivity index (χ2n) is 7.51. The number of β-amino-alcohol motifs (C(OH)–C–C–N with tert-alkyl or cyclic N) is 1. The first-order chi connectivity index (χ1) is 12.5. The molecule has 3 atom stereocenters. The van der Waals surface area contributed by atoms with E-state index in [2.05, 4.69) is 22.6 Å². The van der Waals surface area contributed by atoms with E-state index < -0.39 is 35.9 Å². The maximum atomic E-state index is 12.6. The summed E-state index contributed by atoms with van der Waals surface area (Å²) in [5.41, 5.74) is 0.270. The number of hydrogen-bond acceptors (Lipinski definition) is 6. The van der Waals surface area contributed by atoms with Crippen LogP contribution in [0.15, 0.2) is 18.2 Å².